The number of nitrogens with zero attached hydrogens (tertiary/aromatic N) is 2. The van der Waals surface area contributed by atoms with Crippen LogP contribution >= 0.6 is 23.1 Å². The number of carbonyl (C=O) groups excluding carboxylic acids is 1. The topological polar surface area (TPSA) is 70.7 Å². The number of amides is 1. The van der Waals surface area contributed by atoms with Crippen molar-refractivity contribution in [1.29, 1.82) is 0 Å². The van der Waals surface area contributed by atoms with Gasteiger partial charge in [-0.15, -0.1) is 23.0 Å². The second-order valence-electron chi connectivity index (χ2n) is 3.33. The molecule has 0 atom stereocenters. The van der Waals surface area contributed by atoms with Crippen molar-refractivity contribution < 1.29 is 4.79 Å². The summed E-state index contributed by atoms with van der Waals surface area (Å²) >= 11 is 2.89. The number of hydrogen-bond donors (Lipinski definition) is 2. The average Bonchev–Trinajstić information content (AvgIpc) is 3.03. The molecule has 2 heterocycles. The summed E-state index contributed by atoms with van der Waals surface area (Å²) in [7, 11) is 0. The van der Waals surface area contributed by atoms with E-state index in [1.807, 2.05) is 17.5 Å². The summed E-state index contributed by atoms with van der Waals surface area (Å²) in [6.07, 6.45) is 1.64. The molecule has 0 saturated carbocycles. The number of aromatic amines is 1. The second-order valence-corrected chi connectivity index (χ2v) is 5.22. The fraction of sp³-hybridized carbons (Fsp3) is 0.182. The zero-order valence-corrected chi connectivity index (χ0v) is 11.2. The van der Waals surface area contributed by atoms with E-state index in [0.717, 1.165) is 10.7 Å². The molecule has 0 aromatic carbocycles. The lowest BCUT2D eigenvalue weighted by atomic mass is 10.4. The van der Waals surface area contributed by atoms with Crippen LogP contribution in [0.4, 0.5) is 0 Å². The molecule has 7 heteroatoms. The molecule has 0 unspecified atom stereocenters. The number of aromatic nitrogens is 3. The number of thioether (sulfide) groups is 1. The first kappa shape index (κ1) is 12.8. The lowest BCUT2D eigenvalue weighted by Gasteiger charge is -1.98. The Bertz CT molecular complexity index is 521. The Balaban J connectivity index is 1.87. The third kappa shape index (κ3) is 3.44. The van der Waals surface area contributed by atoms with Gasteiger partial charge in [-0.05, 0) is 11.4 Å². The maximum Gasteiger partial charge on any atom is 0.230 e. The first-order chi connectivity index (χ1) is 8.79. The van der Waals surface area contributed by atoms with Crippen molar-refractivity contribution in [2.45, 2.75) is 5.16 Å². The first-order valence-electron chi connectivity index (χ1n) is 5.26. The molecule has 2 aromatic rings. The lowest BCUT2D eigenvalue weighted by molar-refractivity contribution is -0.118. The van der Waals surface area contributed by atoms with E-state index in [9.17, 15) is 4.79 Å². The van der Waals surface area contributed by atoms with Gasteiger partial charge in [0, 0.05) is 6.54 Å². The first-order valence-corrected chi connectivity index (χ1v) is 7.13. The van der Waals surface area contributed by atoms with Crippen LogP contribution in [-0.4, -0.2) is 33.4 Å². The molecule has 2 aromatic heterocycles. The van der Waals surface area contributed by atoms with Crippen molar-refractivity contribution in [3.05, 3.63) is 30.2 Å². The van der Waals surface area contributed by atoms with Crippen LogP contribution < -0.4 is 5.32 Å². The molecular weight excluding hydrogens is 268 g/mol. The van der Waals surface area contributed by atoms with Crippen molar-refractivity contribution in [1.82, 2.24) is 20.5 Å². The molecule has 0 saturated heterocycles. The van der Waals surface area contributed by atoms with E-state index < -0.39 is 0 Å². The van der Waals surface area contributed by atoms with Crippen molar-refractivity contribution >= 4 is 29.0 Å². The summed E-state index contributed by atoms with van der Waals surface area (Å²) in [5.74, 6) is 0.983. The van der Waals surface area contributed by atoms with Gasteiger partial charge in [0.25, 0.3) is 0 Å². The summed E-state index contributed by atoms with van der Waals surface area (Å²) in [6, 6.07) is 3.93. The summed E-state index contributed by atoms with van der Waals surface area (Å²) in [5.41, 5.74) is 0. The molecule has 94 valence electrons. The van der Waals surface area contributed by atoms with E-state index in [0.29, 0.717) is 17.5 Å². The Morgan fingerprint density at radius 1 is 1.67 bits per heavy atom. The molecule has 5 nitrogen and oxygen atoms in total. The molecule has 2 N–H and O–H groups in total. The fourth-order valence-corrected chi connectivity index (χ4v) is 2.49. The van der Waals surface area contributed by atoms with Crippen molar-refractivity contribution in [3.8, 4) is 10.7 Å². The predicted molar refractivity (Wildman–Crippen MR) is 73.6 cm³/mol. The van der Waals surface area contributed by atoms with Crippen LogP contribution in [0.2, 0.25) is 0 Å². The van der Waals surface area contributed by atoms with Gasteiger partial charge in [0.2, 0.25) is 11.1 Å². The van der Waals surface area contributed by atoms with Crippen LogP contribution in [-0.2, 0) is 4.79 Å². The summed E-state index contributed by atoms with van der Waals surface area (Å²) in [4.78, 5) is 16.7. The van der Waals surface area contributed by atoms with Gasteiger partial charge < -0.3 is 5.32 Å². The Kier molecular flexibility index (Phi) is 4.54. The Morgan fingerprint density at radius 2 is 2.56 bits per heavy atom. The van der Waals surface area contributed by atoms with Crippen LogP contribution in [0, 0.1) is 0 Å². The maximum atomic E-state index is 11.4. The molecular formula is C11H12N4OS2. The molecule has 0 fully saturated rings. The SMILES string of the molecule is C=CCNC(=O)CSc1n[nH]c(-c2cccs2)n1. The van der Waals surface area contributed by atoms with Gasteiger partial charge in [0.15, 0.2) is 5.82 Å². The monoisotopic (exact) mass is 280 g/mol. The van der Waals surface area contributed by atoms with E-state index in [-0.39, 0.29) is 5.91 Å². The maximum absolute atomic E-state index is 11.4. The average molecular weight is 280 g/mol. The normalized spacial score (nSPS) is 10.2. The number of rotatable bonds is 6. The standard InChI is InChI=1S/C11H12N4OS2/c1-2-5-12-9(16)7-18-11-13-10(14-15-11)8-4-3-6-17-8/h2-4,6H,1,5,7H2,(H,12,16)(H,13,14,15). The van der Waals surface area contributed by atoms with E-state index in [2.05, 4.69) is 27.1 Å². The minimum absolute atomic E-state index is 0.0534. The van der Waals surface area contributed by atoms with Crippen LogP contribution in [0.3, 0.4) is 0 Å². The van der Waals surface area contributed by atoms with E-state index in [1.165, 1.54) is 11.8 Å². The van der Waals surface area contributed by atoms with Crippen molar-refractivity contribution in [3.63, 3.8) is 0 Å². The summed E-state index contributed by atoms with van der Waals surface area (Å²) in [6.45, 7) is 4.01. The molecule has 0 bridgehead atoms. The van der Waals surface area contributed by atoms with Crippen molar-refractivity contribution in [2.24, 2.45) is 0 Å². The highest BCUT2D eigenvalue weighted by atomic mass is 32.2. The number of H-pyrrole nitrogens is 1. The fourth-order valence-electron chi connectivity index (χ4n) is 1.20. The number of carbonyl (C=O) groups is 1. The van der Waals surface area contributed by atoms with Crippen LogP contribution in [0.15, 0.2) is 35.3 Å². The van der Waals surface area contributed by atoms with Crippen LogP contribution in [0.25, 0.3) is 10.7 Å². The predicted octanol–water partition coefficient (Wildman–Crippen LogP) is 1.93. The van der Waals surface area contributed by atoms with E-state index in [4.69, 9.17) is 0 Å². The third-order valence-electron chi connectivity index (χ3n) is 2.00. The van der Waals surface area contributed by atoms with Gasteiger partial charge in [-0.25, -0.2) is 4.98 Å². The Morgan fingerprint density at radius 3 is 3.28 bits per heavy atom. The van der Waals surface area contributed by atoms with Gasteiger partial charge >= 0.3 is 0 Å². The van der Waals surface area contributed by atoms with Crippen LogP contribution in [0.1, 0.15) is 0 Å². The number of hydrogen-bond acceptors (Lipinski definition) is 5. The van der Waals surface area contributed by atoms with Gasteiger partial charge in [0.1, 0.15) is 0 Å². The largest absolute Gasteiger partial charge is 0.352 e. The summed E-state index contributed by atoms with van der Waals surface area (Å²) < 4.78 is 0. The second kappa shape index (κ2) is 6.36. The van der Waals surface area contributed by atoms with Crippen LogP contribution in [0.5, 0.6) is 0 Å². The van der Waals surface area contributed by atoms with Crippen molar-refractivity contribution in [2.75, 3.05) is 12.3 Å². The Labute approximate surface area is 113 Å². The van der Waals surface area contributed by atoms with Gasteiger partial charge in [-0.1, -0.05) is 23.9 Å². The highest BCUT2D eigenvalue weighted by Crippen LogP contribution is 2.22. The molecule has 0 radical (unpaired) electrons. The number of nitrogens with one attached hydrogen (secondary N) is 2. The molecule has 0 aliphatic rings. The zero-order chi connectivity index (χ0) is 12.8. The van der Waals surface area contributed by atoms with Gasteiger partial charge in [-0.2, -0.15) is 0 Å². The minimum Gasteiger partial charge on any atom is -0.352 e. The highest BCUT2D eigenvalue weighted by molar-refractivity contribution is 7.99. The molecule has 0 aliphatic carbocycles. The molecule has 0 spiro atoms. The lowest BCUT2D eigenvalue weighted by Crippen LogP contribution is -2.24. The third-order valence-corrected chi connectivity index (χ3v) is 3.72. The molecule has 1 amide bonds. The van der Waals surface area contributed by atoms with Gasteiger partial charge in [-0.3, -0.25) is 9.89 Å². The molecule has 0 aliphatic heterocycles. The smallest absolute Gasteiger partial charge is 0.230 e. The molecule has 18 heavy (non-hydrogen) atoms. The highest BCUT2D eigenvalue weighted by Gasteiger charge is 2.08. The zero-order valence-electron chi connectivity index (χ0n) is 9.55. The van der Waals surface area contributed by atoms with E-state index in [1.54, 1.807) is 17.4 Å². The minimum atomic E-state index is -0.0534. The van der Waals surface area contributed by atoms with E-state index >= 15 is 0 Å². The summed E-state index contributed by atoms with van der Waals surface area (Å²) in [5, 5.41) is 12.2. The van der Waals surface area contributed by atoms with Gasteiger partial charge in [0.05, 0.1) is 10.6 Å². The Hall–Kier alpha value is -1.60. The number of thiophene rings is 1. The molecule has 2 rings (SSSR count). The quantitative estimate of drug-likeness (QED) is 0.626.